The van der Waals surface area contributed by atoms with Crippen LogP contribution in [0.4, 0.5) is 17.3 Å². The Morgan fingerprint density at radius 3 is 2.52 bits per heavy atom. The highest BCUT2D eigenvalue weighted by atomic mass is 16.2. The van der Waals surface area contributed by atoms with Gasteiger partial charge in [0.25, 0.3) is 5.91 Å². The number of nitrogen functional groups attached to an aromatic ring is 1. The molecule has 2 amide bonds. The van der Waals surface area contributed by atoms with Crippen molar-refractivity contribution in [2.24, 2.45) is 5.92 Å². The van der Waals surface area contributed by atoms with E-state index in [1.807, 2.05) is 19.1 Å². The molecular weight excluding hydrogens is 342 g/mol. The fraction of sp³-hybridized carbons (Fsp3) is 0.400. The quantitative estimate of drug-likeness (QED) is 0.723. The van der Waals surface area contributed by atoms with Gasteiger partial charge in [-0.1, -0.05) is 31.7 Å². The largest absolute Gasteiger partial charge is 0.368 e. The Hall–Kier alpha value is -2.96. The van der Waals surface area contributed by atoms with Crippen molar-refractivity contribution in [2.45, 2.75) is 45.4 Å². The molecule has 1 saturated carbocycles. The second-order valence-corrected chi connectivity index (χ2v) is 7.05. The van der Waals surface area contributed by atoms with Crippen molar-refractivity contribution in [1.29, 1.82) is 0 Å². The third-order valence-corrected chi connectivity index (χ3v) is 4.95. The highest BCUT2D eigenvalue weighted by Gasteiger charge is 2.17. The maximum Gasteiger partial charge on any atom is 0.256 e. The van der Waals surface area contributed by atoms with Crippen LogP contribution >= 0.6 is 0 Å². The molecule has 0 radical (unpaired) electrons. The predicted molar refractivity (Wildman–Crippen MR) is 105 cm³/mol. The SMILES string of the molecule is Cc1ccc(NC(=O)CCC2CCCC2)cc1C(=O)Nc1cnc(N)nc1. The molecule has 0 aliphatic heterocycles. The molecule has 1 aliphatic rings. The molecule has 3 rings (SSSR count). The van der Waals surface area contributed by atoms with Gasteiger partial charge in [-0.2, -0.15) is 0 Å². The van der Waals surface area contributed by atoms with Gasteiger partial charge in [-0.05, 0) is 37.0 Å². The lowest BCUT2D eigenvalue weighted by molar-refractivity contribution is -0.116. The van der Waals surface area contributed by atoms with Crippen LogP contribution < -0.4 is 16.4 Å². The van der Waals surface area contributed by atoms with E-state index >= 15 is 0 Å². The van der Waals surface area contributed by atoms with Crippen molar-refractivity contribution >= 4 is 29.1 Å². The van der Waals surface area contributed by atoms with Gasteiger partial charge in [-0.3, -0.25) is 9.59 Å². The zero-order chi connectivity index (χ0) is 19.2. The van der Waals surface area contributed by atoms with Gasteiger partial charge in [-0.15, -0.1) is 0 Å². The number of aryl methyl sites for hydroxylation is 1. The van der Waals surface area contributed by atoms with Crippen molar-refractivity contribution < 1.29 is 9.59 Å². The first-order valence-electron chi connectivity index (χ1n) is 9.30. The lowest BCUT2D eigenvalue weighted by Gasteiger charge is -2.12. The Labute approximate surface area is 158 Å². The van der Waals surface area contributed by atoms with Crippen molar-refractivity contribution in [1.82, 2.24) is 9.97 Å². The summed E-state index contributed by atoms with van der Waals surface area (Å²) in [5.41, 5.74) is 7.83. The van der Waals surface area contributed by atoms with E-state index in [-0.39, 0.29) is 17.8 Å². The molecular formula is C20H25N5O2. The highest BCUT2D eigenvalue weighted by Crippen LogP contribution is 2.28. The van der Waals surface area contributed by atoms with Crippen molar-refractivity contribution in [3.63, 3.8) is 0 Å². The minimum absolute atomic E-state index is 0.0101. The number of nitrogens with zero attached hydrogens (tertiary/aromatic N) is 2. The Kier molecular flexibility index (Phi) is 6.01. The second kappa shape index (κ2) is 8.62. The normalized spacial score (nSPS) is 14.1. The van der Waals surface area contributed by atoms with Crippen molar-refractivity contribution in [3.05, 3.63) is 41.7 Å². The number of benzene rings is 1. The van der Waals surface area contributed by atoms with Crippen LogP contribution in [0.2, 0.25) is 0 Å². The molecule has 0 spiro atoms. The number of anilines is 3. The van der Waals surface area contributed by atoms with E-state index < -0.39 is 0 Å². The molecule has 0 saturated heterocycles. The zero-order valence-electron chi connectivity index (χ0n) is 15.5. The topological polar surface area (TPSA) is 110 Å². The first kappa shape index (κ1) is 18.8. The minimum Gasteiger partial charge on any atom is -0.368 e. The predicted octanol–water partition coefficient (Wildman–Crippen LogP) is 3.53. The summed E-state index contributed by atoms with van der Waals surface area (Å²) in [4.78, 5) is 32.5. The average molecular weight is 367 g/mol. The summed E-state index contributed by atoms with van der Waals surface area (Å²) in [5, 5.41) is 5.64. The highest BCUT2D eigenvalue weighted by molar-refractivity contribution is 6.06. The van der Waals surface area contributed by atoms with E-state index in [0.717, 1.165) is 12.0 Å². The van der Waals surface area contributed by atoms with E-state index in [1.165, 1.54) is 38.1 Å². The van der Waals surface area contributed by atoms with Gasteiger partial charge >= 0.3 is 0 Å². The average Bonchev–Trinajstić information content (AvgIpc) is 3.17. The summed E-state index contributed by atoms with van der Waals surface area (Å²) in [7, 11) is 0. The van der Waals surface area contributed by atoms with Gasteiger partial charge in [0, 0.05) is 17.7 Å². The molecule has 2 aromatic rings. The van der Waals surface area contributed by atoms with E-state index in [9.17, 15) is 9.59 Å². The number of nitrogens with two attached hydrogens (primary N) is 1. The van der Waals surface area contributed by atoms with Crippen molar-refractivity contribution in [2.75, 3.05) is 16.4 Å². The number of carbonyl (C=O) groups is 2. The molecule has 7 nitrogen and oxygen atoms in total. The van der Waals surface area contributed by atoms with Gasteiger partial charge in [0.1, 0.15) is 0 Å². The van der Waals surface area contributed by atoms with Gasteiger partial charge in [0.2, 0.25) is 11.9 Å². The van der Waals surface area contributed by atoms with E-state index in [4.69, 9.17) is 5.73 Å². The monoisotopic (exact) mass is 367 g/mol. The number of carbonyl (C=O) groups excluding carboxylic acids is 2. The first-order valence-corrected chi connectivity index (χ1v) is 9.30. The van der Waals surface area contributed by atoms with E-state index in [0.29, 0.717) is 29.3 Å². The molecule has 0 atom stereocenters. The Balaban J connectivity index is 1.61. The summed E-state index contributed by atoms with van der Waals surface area (Å²) < 4.78 is 0. The molecule has 1 aromatic carbocycles. The number of nitrogens with one attached hydrogen (secondary N) is 2. The van der Waals surface area contributed by atoms with Crippen LogP contribution in [-0.2, 0) is 4.79 Å². The summed E-state index contributed by atoms with van der Waals surface area (Å²) in [5.74, 6) is 0.524. The maximum atomic E-state index is 12.5. The van der Waals surface area contributed by atoms with Crippen LogP contribution in [0.3, 0.4) is 0 Å². The zero-order valence-corrected chi connectivity index (χ0v) is 15.5. The molecule has 27 heavy (non-hydrogen) atoms. The third-order valence-electron chi connectivity index (χ3n) is 4.95. The lowest BCUT2D eigenvalue weighted by Crippen LogP contribution is -2.16. The molecule has 0 unspecified atom stereocenters. The fourth-order valence-electron chi connectivity index (χ4n) is 3.40. The molecule has 1 aliphatic carbocycles. The van der Waals surface area contributed by atoms with Gasteiger partial charge in [0.05, 0.1) is 18.1 Å². The Bertz CT molecular complexity index is 814. The molecule has 7 heteroatoms. The Morgan fingerprint density at radius 1 is 1.11 bits per heavy atom. The minimum atomic E-state index is -0.289. The number of hydrogen-bond acceptors (Lipinski definition) is 5. The summed E-state index contributed by atoms with van der Waals surface area (Å²) in [6.07, 6.45) is 9.37. The fourth-order valence-corrected chi connectivity index (χ4v) is 3.40. The van der Waals surface area contributed by atoms with Gasteiger partial charge in [0.15, 0.2) is 0 Å². The molecule has 1 aromatic heterocycles. The molecule has 4 N–H and O–H groups in total. The molecule has 0 bridgehead atoms. The second-order valence-electron chi connectivity index (χ2n) is 7.05. The van der Waals surface area contributed by atoms with E-state index in [2.05, 4.69) is 20.6 Å². The molecule has 142 valence electrons. The lowest BCUT2D eigenvalue weighted by atomic mass is 10.0. The standard InChI is InChI=1S/C20H25N5O2/c1-13-6-8-15(24-18(26)9-7-14-4-2-3-5-14)10-17(13)19(27)25-16-11-22-20(21)23-12-16/h6,8,10-12,14H,2-5,7,9H2,1H3,(H,24,26)(H,25,27)(H2,21,22,23). The number of rotatable bonds is 6. The maximum absolute atomic E-state index is 12.5. The van der Waals surface area contributed by atoms with Crippen LogP contribution in [-0.4, -0.2) is 21.8 Å². The number of hydrogen-bond donors (Lipinski definition) is 3. The van der Waals surface area contributed by atoms with Crippen LogP contribution in [0.1, 0.15) is 54.4 Å². The molecule has 1 fully saturated rings. The first-order chi connectivity index (χ1) is 13.0. The van der Waals surface area contributed by atoms with Crippen LogP contribution in [0, 0.1) is 12.8 Å². The third kappa shape index (κ3) is 5.26. The number of amides is 2. The summed E-state index contributed by atoms with van der Waals surface area (Å²) >= 11 is 0. The van der Waals surface area contributed by atoms with Crippen LogP contribution in [0.25, 0.3) is 0 Å². The van der Waals surface area contributed by atoms with Gasteiger partial charge < -0.3 is 16.4 Å². The van der Waals surface area contributed by atoms with Crippen LogP contribution in [0.15, 0.2) is 30.6 Å². The smallest absolute Gasteiger partial charge is 0.256 e. The number of aromatic nitrogens is 2. The van der Waals surface area contributed by atoms with Gasteiger partial charge in [-0.25, -0.2) is 9.97 Å². The molecule has 1 heterocycles. The summed E-state index contributed by atoms with van der Waals surface area (Å²) in [6, 6.07) is 5.32. The van der Waals surface area contributed by atoms with Crippen LogP contribution in [0.5, 0.6) is 0 Å². The Morgan fingerprint density at radius 2 is 1.81 bits per heavy atom. The summed E-state index contributed by atoms with van der Waals surface area (Å²) in [6.45, 7) is 1.85. The van der Waals surface area contributed by atoms with Crippen molar-refractivity contribution in [3.8, 4) is 0 Å². The van der Waals surface area contributed by atoms with E-state index in [1.54, 1.807) is 6.07 Å².